The highest BCUT2D eigenvalue weighted by molar-refractivity contribution is 7.99. The second-order valence-corrected chi connectivity index (χ2v) is 7.08. The van der Waals surface area contributed by atoms with Crippen molar-refractivity contribution in [3.63, 3.8) is 0 Å². The zero-order valence-corrected chi connectivity index (χ0v) is 12.4. The number of hydrogen-bond acceptors (Lipinski definition) is 4. The highest BCUT2D eigenvalue weighted by Gasteiger charge is 2.30. The maximum absolute atomic E-state index is 11.0. The summed E-state index contributed by atoms with van der Waals surface area (Å²) in [5.41, 5.74) is 1.30. The summed E-state index contributed by atoms with van der Waals surface area (Å²) in [6, 6.07) is 14.2. The van der Waals surface area contributed by atoms with E-state index in [1.807, 2.05) is 6.07 Å². The standard InChI is InChI=1S/C15H15NO2S2/c17-15(18)12-9-19-14(16-12)13-7-6-11(20-13)8-10-4-2-1-3-5-10/h1-7,12,14,16H,8-9H2,(H,17,18)/t12-,14+/m1/s1. The third-order valence-corrected chi connectivity index (χ3v) is 5.79. The van der Waals surface area contributed by atoms with Crippen LogP contribution in [0.2, 0.25) is 0 Å². The molecule has 2 aromatic rings. The molecular weight excluding hydrogens is 290 g/mol. The topological polar surface area (TPSA) is 49.3 Å². The molecule has 0 amide bonds. The zero-order chi connectivity index (χ0) is 13.9. The lowest BCUT2D eigenvalue weighted by molar-refractivity contribution is -0.138. The van der Waals surface area contributed by atoms with Gasteiger partial charge in [-0.15, -0.1) is 23.1 Å². The predicted octanol–water partition coefficient (Wildman–Crippen LogP) is 3.13. The first kappa shape index (κ1) is 13.7. The summed E-state index contributed by atoms with van der Waals surface area (Å²) in [5, 5.41) is 12.3. The number of rotatable bonds is 4. The second-order valence-electron chi connectivity index (χ2n) is 4.74. The fourth-order valence-corrected chi connectivity index (χ4v) is 4.67. The van der Waals surface area contributed by atoms with Gasteiger partial charge in [-0.25, -0.2) is 0 Å². The van der Waals surface area contributed by atoms with Gasteiger partial charge in [0, 0.05) is 21.9 Å². The van der Waals surface area contributed by atoms with Crippen LogP contribution < -0.4 is 5.32 Å². The molecule has 1 saturated heterocycles. The summed E-state index contributed by atoms with van der Waals surface area (Å²) in [6.45, 7) is 0. The Morgan fingerprint density at radius 1 is 1.25 bits per heavy atom. The molecule has 2 N–H and O–H groups in total. The van der Waals surface area contributed by atoms with Crippen LogP contribution in [0.25, 0.3) is 0 Å². The zero-order valence-electron chi connectivity index (χ0n) is 10.8. The van der Waals surface area contributed by atoms with Gasteiger partial charge in [0.05, 0.1) is 5.37 Å². The number of aliphatic carboxylic acids is 1. The number of hydrogen-bond donors (Lipinski definition) is 2. The highest BCUT2D eigenvalue weighted by atomic mass is 32.2. The van der Waals surface area contributed by atoms with Gasteiger partial charge >= 0.3 is 5.97 Å². The molecule has 0 unspecified atom stereocenters. The van der Waals surface area contributed by atoms with Gasteiger partial charge in [-0.3, -0.25) is 10.1 Å². The predicted molar refractivity (Wildman–Crippen MR) is 83.3 cm³/mol. The van der Waals surface area contributed by atoms with Crippen LogP contribution in [0.15, 0.2) is 42.5 Å². The molecule has 2 heterocycles. The van der Waals surface area contributed by atoms with Crippen molar-refractivity contribution < 1.29 is 9.90 Å². The van der Waals surface area contributed by atoms with Crippen LogP contribution in [0.5, 0.6) is 0 Å². The Morgan fingerprint density at radius 2 is 2.05 bits per heavy atom. The molecule has 3 nitrogen and oxygen atoms in total. The van der Waals surface area contributed by atoms with Gasteiger partial charge in [-0.2, -0.15) is 0 Å². The molecule has 0 radical (unpaired) electrons. The molecule has 1 aromatic carbocycles. The van der Waals surface area contributed by atoms with E-state index in [-0.39, 0.29) is 5.37 Å². The van der Waals surface area contributed by atoms with Crippen LogP contribution in [0.4, 0.5) is 0 Å². The van der Waals surface area contributed by atoms with Crippen molar-refractivity contribution in [1.82, 2.24) is 5.32 Å². The average Bonchev–Trinajstić information content (AvgIpc) is 3.08. The summed E-state index contributed by atoms with van der Waals surface area (Å²) >= 11 is 3.43. The molecule has 3 rings (SSSR count). The van der Waals surface area contributed by atoms with Crippen molar-refractivity contribution in [2.24, 2.45) is 0 Å². The van der Waals surface area contributed by atoms with Crippen LogP contribution in [0.3, 0.4) is 0 Å². The van der Waals surface area contributed by atoms with Gasteiger partial charge in [-0.05, 0) is 17.7 Å². The fraction of sp³-hybridized carbons (Fsp3) is 0.267. The number of carboxylic acids is 1. The Bertz CT molecular complexity index is 597. The van der Waals surface area contributed by atoms with E-state index < -0.39 is 12.0 Å². The minimum absolute atomic E-state index is 0.116. The van der Waals surface area contributed by atoms with Crippen molar-refractivity contribution in [3.8, 4) is 0 Å². The average molecular weight is 305 g/mol. The quantitative estimate of drug-likeness (QED) is 0.911. The Kier molecular flexibility index (Phi) is 4.10. The van der Waals surface area contributed by atoms with Crippen LogP contribution in [0, 0.1) is 0 Å². The first-order valence-electron chi connectivity index (χ1n) is 6.45. The highest BCUT2D eigenvalue weighted by Crippen LogP contribution is 2.37. The number of carboxylic acid groups (broad SMARTS) is 1. The Morgan fingerprint density at radius 3 is 2.75 bits per heavy atom. The number of benzene rings is 1. The van der Waals surface area contributed by atoms with Gasteiger partial charge in [0.15, 0.2) is 0 Å². The van der Waals surface area contributed by atoms with Gasteiger partial charge in [0.1, 0.15) is 6.04 Å². The number of thioether (sulfide) groups is 1. The summed E-state index contributed by atoms with van der Waals surface area (Å²) in [5.74, 6) is -0.132. The van der Waals surface area contributed by atoms with Crippen molar-refractivity contribution in [3.05, 3.63) is 57.8 Å². The third-order valence-electron chi connectivity index (χ3n) is 3.24. The largest absolute Gasteiger partial charge is 0.480 e. The van der Waals surface area contributed by atoms with Crippen molar-refractivity contribution >= 4 is 29.1 Å². The third kappa shape index (κ3) is 3.06. The second kappa shape index (κ2) is 5.99. The summed E-state index contributed by atoms with van der Waals surface area (Å²) in [6.07, 6.45) is 0.936. The van der Waals surface area contributed by atoms with E-state index in [2.05, 4.69) is 41.7 Å². The van der Waals surface area contributed by atoms with Crippen molar-refractivity contribution in [2.45, 2.75) is 17.8 Å². The molecule has 0 aliphatic carbocycles. The lowest BCUT2D eigenvalue weighted by atomic mass is 10.1. The number of thiophene rings is 1. The minimum atomic E-state index is -0.763. The van der Waals surface area contributed by atoms with Crippen LogP contribution in [-0.4, -0.2) is 22.9 Å². The molecule has 0 bridgehead atoms. The minimum Gasteiger partial charge on any atom is -0.480 e. The SMILES string of the molecule is O=C(O)[C@H]1CS[C@@H](c2ccc(Cc3ccccc3)s2)N1. The molecular formula is C15H15NO2S2. The molecule has 0 spiro atoms. The van der Waals surface area contributed by atoms with E-state index in [1.165, 1.54) is 15.3 Å². The molecule has 1 aliphatic rings. The molecule has 0 saturated carbocycles. The summed E-state index contributed by atoms with van der Waals surface area (Å²) < 4.78 is 0. The number of nitrogens with one attached hydrogen (secondary N) is 1. The maximum atomic E-state index is 11.0. The van der Waals surface area contributed by atoms with E-state index >= 15 is 0 Å². The maximum Gasteiger partial charge on any atom is 0.321 e. The van der Waals surface area contributed by atoms with E-state index in [4.69, 9.17) is 5.11 Å². The van der Waals surface area contributed by atoms with Crippen LogP contribution >= 0.6 is 23.1 Å². The smallest absolute Gasteiger partial charge is 0.321 e. The van der Waals surface area contributed by atoms with E-state index in [0.29, 0.717) is 5.75 Å². The molecule has 104 valence electrons. The van der Waals surface area contributed by atoms with Crippen molar-refractivity contribution in [1.29, 1.82) is 0 Å². The van der Waals surface area contributed by atoms with Gasteiger partial charge < -0.3 is 5.11 Å². The molecule has 20 heavy (non-hydrogen) atoms. The van der Waals surface area contributed by atoms with Crippen LogP contribution in [0.1, 0.15) is 20.7 Å². The lowest BCUT2D eigenvalue weighted by Crippen LogP contribution is -2.33. The van der Waals surface area contributed by atoms with E-state index in [1.54, 1.807) is 23.1 Å². The Hall–Kier alpha value is -1.30. The van der Waals surface area contributed by atoms with Gasteiger partial charge in [-0.1, -0.05) is 30.3 Å². The summed E-state index contributed by atoms with van der Waals surface area (Å²) in [4.78, 5) is 13.5. The molecule has 2 atom stereocenters. The molecule has 5 heteroatoms. The first-order valence-corrected chi connectivity index (χ1v) is 8.32. The van der Waals surface area contributed by atoms with E-state index in [9.17, 15) is 4.79 Å². The number of carbonyl (C=O) groups is 1. The monoisotopic (exact) mass is 305 g/mol. The normalized spacial score (nSPS) is 22.0. The van der Waals surface area contributed by atoms with Crippen molar-refractivity contribution in [2.75, 3.05) is 5.75 Å². The van der Waals surface area contributed by atoms with Gasteiger partial charge in [0.2, 0.25) is 0 Å². The lowest BCUT2D eigenvalue weighted by Gasteiger charge is -2.08. The first-order chi connectivity index (χ1) is 9.72. The van der Waals surface area contributed by atoms with Crippen LogP contribution in [-0.2, 0) is 11.2 Å². The summed E-state index contributed by atoms with van der Waals surface area (Å²) in [7, 11) is 0. The molecule has 1 aliphatic heterocycles. The fourth-order valence-electron chi connectivity index (χ4n) is 2.21. The Labute approximate surface area is 126 Å². The van der Waals surface area contributed by atoms with Gasteiger partial charge in [0.25, 0.3) is 0 Å². The molecule has 1 fully saturated rings. The van der Waals surface area contributed by atoms with E-state index in [0.717, 1.165) is 6.42 Å². The molecule has 1 aromatic heterocycles. The Balaban J connectivity index is 1.67.